The molecule has 0 fully saturated rings. The van der Waals surface area contributed by atoms with E-state index in [9.17, 15) is 0 Å². The predicted octanol–water partition coefficient (Wildman–Crippen LogP) is 2.52. The Morgan fingerprint density at radius 3 is 1.62 bits per heavy atom. The van der Waals surface area contributed by atoms with E-state index < -0.39 is 10.6 Å². The minimum Gasteiger partial charge on any atom is -0.397 e. The molecule has 0 atom stereocenters. The van der Waals surface area contributed by atoms with Gasteiger partial charge in [0.25, 0.3) is 0 Å². The second kappa shape index (κ2) is 10.6. The molecule has 0 aliphatic carbocycles. The van der Waals surface area contributed by atoms with E-state index in [1.165, 1.54) is 0 Å². The first-order chi connectivity index (χ1) is 6.10. The van der Waals surface area contributed by atoms with Gasteiger partial charge in [-0.15, -0.1) is 11.6 Å². The second-order valence-electron chi connectivity index (χ2n) is 2.16. The molecule has 0 amide bonds. The van der Waals surface area contributed by atoms with Crippen LogP contribution in [0.2, 0.25) is 0 Å². The van der Waals surface area contributed by atoms with E-state index in [1.54, 1.807) is 6.92 Å². The molecule has 13 heavy (non-hydrogen) atoms. The third-order valence-electron chi connectivity index (χ3n) is 0.932. The van der Waals surface area contributed by atoms with Crippen LogP contribution in [0.15, 0.2) is 0 Å². The summed E-state index contributed by atoms with van der Waals surface area (Å²) in [6, 6.07) is 0. The van der Waals surface area contributed by atoms with E-state index in [0.29, 0.717) is 18.4 Å². The molecule has 0 radical (unpaired) electrons. The summed E-state index contributed by atoms with van der Waals surface area (Å²) in [5.74, 6) is 0. The van der Waals surface area contributed by atoms with E-state index in [1.807, 2.05) is 20.1 Å². The molecule has 0 rings (SSSR count). The standard InChI is InChI=1S/C6H15ClO2S.C2H6O/c1-4-8-10(3,6-7)9-5-2;1-2-3/h4-6H2,1-3H3;3H,2H2,1H3. The van der Waals surface area contributed by atoms with Gasteiger partial charge in [0.1, 0.15) is 5.21 Å². The van der Waals surface area contributed by atoms with Gasteiger partial charge in [0.15, 0.2) is 0 Å². The van der Waals surface area contributed by atoms with Crippen molar-refractivity contribution in [1.82, 2.24) is 0 Å². The van der Waals surface area contributed by atoms with Crippen molar-refractivity contribution in [2.45, 2.75) is 20.8 Å². The second-order valence-corrected chi connectivity index (χ2v) is 5.36. The summed E-state index contributed by atoms with van der Waals surface area (Å²) in [6.45, 7) is 7.14. The summed E-state index contributed by atoms with van der Waals surface area (Å²) in [6.07, 6.45) is 1.92. The van der Waals surface area contributed by atoms with Crippen LogP contribution in [-0.4, -0.2) is 36.4 Å². The Morgan fingerprint density at radius 2 is 1.46 bits per heavy atom. The van der Waals surface area contributed by atoms with Crippen LogP contribution in [0.1, 0.15) is 20.8 Å². The summed E-state index contributed by atoms with van der Waals surface area (Å²) in [7, 11) is -1.41. The number of aliphatic hydroxyl groups is 1. The zero-order valence-corrected chi connectivity index (χ0v) is 10.5. The first-order valence-electron chi connectivity index (χ1n) is 4.31. The number of hydrogen-bond acceptors (Lipinski definition) is 3. The van der Waals surface area contributed by atoms with Crippen LogP contribution < -0.4 is 0 Å². The van der Waals surface area contributed by atoms with Gasteiger partial charge >= 0.3 is 0 Å². The van der Waals surface area contributed by atoms with Crippen LogP contribution in [0.4, 0.5) is 0 Å². The van der Waals surface area contributed by atoms with Crippen molar-refractivity contribution in [1.29, 1.82) is 0 Å². The molecule has 0 aromatic rings. The fraction of sp³-hybridized carbons (Fsp3) is 1.00. The Labute approximate surface area is 88.1 Å². The molecule has 5 heteroatoms. The maximum absolute atomic E-state index is 7.57. The molecule has 1 N–H and O–H groups in total. The summed E-state index contributed by atoms with van der Waals surface area (Å²) >= 11 is 5.65. The van der Waals surface area contributed by atoms with E-state index in [-0.39, 0.29) is 6.61 Å². The molecule has 0 spiro atoms. The minimum absolute atomic E-state index is 0.250. The van der Waals surface area contributed by atoms with Crippen LogP contribution in [0.3, 0.4) is 0 Å². The van der Waals surface area contributed by atoms with Crippen molar-refractivity contribution in [2.24, 2.45) is 0 Å². The maximum Gasteiger partial charge on any atom is 0.112 e. The van der Waals surface area contributed by atoms with Crippen LogP contribution >= 0.6 is 22.2 Å². The smallest absolute Gasteiger partial charge is 0.112 e. The molecular weight excluding hydrogens is 212 g/mol. The van der Waals surface area contributed by atoms with Crippen molar-refractivity contribution in [3.8, 4) is 0 Å². The summed E-state index contributed by atoms with van der Waals surface area (Å²) in [4.78, 5) is 0. The van der Waals surface area contributed by atoms with Crippen molar-refractivity contribution in [3.05, 3.63) is 0 Å². The van der Waals surface area contributed by atoms with Gasteiger partial charge in [0, 0.05) is 12.9 Å². The number of alkyl halides is 1. The molecule has 84 valence electrons. The number of rotatable bonds is 5. The van der Waals surface area contributed by atoms with Gasteiger partial charge in [-0.05, 0) is 20.8 Å². The average molecular weight is 233 g/mol. The van der Waals surface area contributed by atoms with Gasteiger partial charge in [-0.3, -0.25) is 8.37 Å². The lowest BCUT2D eigenvalue weighted by molar-refractivity contribution is 0.282. The zero-order chi connectivity index (χ0) is 10.7. The molecule has 0 heterocycles. The van der Waals surface area contributed by atoms with Gasteiger partial charge in [-0.25, -0.2) is 0 Å². The van der Waals surface area contributed by atoms with E-state index in [4.69, 9.17) is 25.1 Å². The predicted molar refractivity (Wildman–Crippen MR) is 60.2 cm³/mol. The minimum atomic E-state index is -1.41. The van der Waals surface area contributed by atoms with E-state index >= 15 is 0 Å². The number of aliphatic hydroxyl groups excluding tert-OH is 1. The lowest BCUT2D eigenvalue weighted by Crippen LogP contribution is -2.08. The molecule has 0 aromatic heterocycles. The van der Waals surface area contributed by atoms with Crippen molar-refractivity contribution >= 4 is 22.2 Å². The maximum atomic E-state index is 7.57. The quantitative estimate of drug-likeness (QED) is 0.741. The van der Waals surface area contributed by atoms with E-state index in [2.05, 4.69) is 0 Å². The molecule has 3 nitrogen and oxygen atoms in total. The fourth-order valence-corrected chi connectivity index (χ4v) is 2.16. The van der Waals surface area contributed by atoms with E-state index in [0.717, 1.165) is 0 Å². The molecule has 0 aliphatic rings. The average Bonchev–Trinajstić information content (AvgIpc) is 2.07. The zero-order valence-electron chi connectivity index (χ0n) is 8.88. The highest BCUT2D eigenvalue weighted by Crippen LogP contribution is 2.46. The summed E-state index contributed by atoms with van der Waals surface area (Å²) in [5.41, 5.74) is 0. The van der Waals surface area contributed by atoms with Gasteiger partial charge in [0.05, 0.1) is 13.2 Å². The van der Waals surface area contributed by atoms with Crippen molar-refractivity contribution in [3.63, 3.8) is 0 Å². The lowest BCUT2D eigenvalue weighted by atomic mass is 10.9. The summed E-state index contributed by atoms with van der Waals surface area (Å²) < 4.78 is 10.7. The third-order valence-corrected chi connectivity index (χ3v) is 3.99. The summed E-state index contributed by atoms with van der Waals surface area (Å²) in [5, 5.41) is 8.02. The van der Waals surface area contributed by atoms with Gasteiger partial charge in [-0.2, -0.15) is 10.6 Å². The van der Waals surface area contributed by atoms with Gasteiger partial charge in [-0.1, -0.05) is 0 Å². The number of hydrogen-bond donors (Lipinski definition) is 1. The van der Waals surface area contributed by atoms with Gasteiger partial charge in [0.2, 0.25) is 0 Å². The Kier molecular flexibility index (Phi) is 13.0. The third kappa shape index (κ3) is 10.4. The largest absolute Gasteiger partial charge is 0.397 e. The Balaban J connectivity index is 0. The molecule has 0 saturated carbocycles. The number of halogens is 1. The monoisotopic (exact) mass is 232 g/mol. The molecule has 0 bridgehead atoms. The van der Waals surface area contributed by atoms with Crippen LogP contribution in [-0.2, 0) is 8.37 Å². The first kappa shape index (κ1) is 16.0. The SMILES string of the molecule is CCO.CCOS(C)(CCl)OCC. The molecule has 0 aromatic carbocycles. The van der Waals surface area contributed by atoms with Crippen LogP contribution in [0.25, 0.3) is 0 Å². The first-order valence-corrected chi connectivity index (χ1v) is 6.91. The Bertz CT molecular complexity index is 97.4. The molecule has 0 unspecified atom stereocenters. The molecular formula is C8H21ClO3S. The highest BCUT2D eigenvalue weighted by Gasteiger charge is 2.10. The van der Waals surface area contributed by atoms with Crippen LogP contribution in [0.5, 0.6) is 0 Å². The fourth-order valence-electron chi connectivity index (χ4n) is 0.596. The Morgan fingerprint density at radius 1 is 1.15 bits per heavy atom. The normalized spacial score (nSPS) is 11.8. The van der Waals surface area contributed by atoms with Gasteiger partial charge < -0.3 is 5.11 Å². The highest BCUT2D eigenvalue weighted by atomic mass is 35.5. The lowest BCUT2D eigenvalue weighted by Gasteiger charge is -2.36. The van der Waals surface area contributed by atoms with Crippen molar-refractivity contribution < 1.29 is 13.5 Å². The van der Waals surface area contributed by atoms with Crippen molar-refractivity contribution in [2.75, 3.05) is 31.3 Å². The highest BCUT2D eigenvalue weighted by molar-refractivity contribution is 8.26. The molecule has 0 saturated heterocycles. The molecule has 0 aliphatic heterocycles. The van der Waals surface area contributed by atoms with Crippen LogP contribution in [0, 0.1) is 0 Å². The topological polar surface area (TPSA) is 38.7 Å². The Hall–Kier alpha value is 0.520.